The Kier molecular flexibility index (Phi) is 7.77. The van der Waals surface area contributed by atoms with Crippen molar-refractivity contribution in [2.45, 2.75) is 78.6 Å². The molecule has 4 rings (SSSR count). The number of carbonyl (C=O) groups excluding carboxylic acids is 2. The lowest BCUT2D eigenvalue weighted by Gasteiger charge is -2.51. The Morgan fingerprint density at radius 3 is 2.38 bits per heavy atom. The second kappa shape index (κ2) is 10.7. The molecule has 2 aliphatic rings. The summed E-state index contributed by atoms with van der Waals surface area (Å²) in [5, 5.41) is 18.3. The zero-order chi connectivity index (χ0) is 26.9. The molecule has 1 aromatic heterocycles. The molecule has 0 bridgehead atoms. The molecule has 3 heterocycles. The monoisotopic (exact) mass is 505 g/mol. The first-order valence-electron chi connectivity index (χ1n) is 13.1. The van der Waals surface area contributed by atoms with E-state index in [-0.39, 0.29) is 24.3 Å². The molecule has 2 saturated heterocycles. The van der Waals surface area contributed by atoms with Crippen LogP contribution in [0.5, 0.6) is 0 Å². The highest BCUT2D eigenvalue weighted by Crippen LogP contribution is 2.34. The maximum Gasteiger partial charge on any atom is 0.249 e. The van der Waals surface area contributed by atoms with Gasteiger partial charge < -0.3 is 15.3 Å². The zero-order valence-electron chi connectivity index (χ0n) is 22.8. The molecule has 0 saturated carbocycles. The van der Waals surface area contributed by atoms with Gasteiger partial charge in [0.2, 0.25) is 11.8 Å². The Bertz CT molecular complexity index is 1210. The third-order valence-corrected chi connectivity index (χ3v) is 7.98. The largest absolute Gasteiger partial charge is 0.390 e. The Labute approximate surface area is 220 Å². The number of piperidine rings is 1. The Morgan fingerprint density at radius 1 is 1.14 bits per heavy atom. The van der Waals surface area contributed by atoms with Crippen molar-refractivity contribution in [3.63, 3.8) is 0 Å². The van der Waals surface area contributed by atoms with Crippen LogP contribution >= 0.6 is 0 Å². The number of aromatic nitrogens is 2. The molecule has 2 atom stereocenters. The smallest absolute Gasteiger partial charge is 0.249 e. The fourth-order valence-corrected chi connectivity index (χ4v) is 5.49. The van der Waals surface area contributed by atoms with Crippen molar-refractivity contribution >= 4 is 11.8 Å². The molecule has 2 aliphatic heterocycles. The number of amides is 2. The van der Waals surface area contributed by atoms with E-state index < -0.39 is 17.7 Å². The van der Waals surface area contributed by atoms with E-state index in [1.807, 2.05) is 25.5 Å². The second-order valence-corrected chi connectivity index (χ2v) is 10.7. The minimum atomic E-state index is -0.944. The average molecular weight is 506 g/mol. The summed E-state index contributed by atoms with van der Waals surface area (Å²) in [5.74, 6) is 5.25. The molecule has 0 radical (unpaired) electrons. The first-order chi connectivity index (χ1) is 17.6. The normalized spacial score (nSPS) is 20.6. The highest BCUT2D eigenvalue weighted by Gasteiger charge is 2.54. The summed E-state index contributed by atoms with van der Waals surface area (Å²) in [6.07, 6.45) is 0.0944. The molecular formula is C29H39N5O3. The third kappa shape index (κ3) is 5.03. The maximum absolute atomic E-state index is 13.5. The molecular weight excluding hydrogens is 466 g/mol. The predicted molar refractivity (Wildman–Crippen MR) is 143 cm³/mol. The van der Waals surface area contributed by atoms with Crippen LogP contribution in [0.1, 0.15) is 56.1 Å². The van der Waals surface area contributed by atoms with Gasteiger partial charge >= 0.3 is 0 Å². The van der Waals surface area contributed by atoms with E-state index in [2.05, 4.69) is 60.2 Å². The standard InChI is InChI=1S/C29H39N5O3/c1-7-8-15-33-27(36)25(26(35)19(2)3)30-28(37)29(33)13-16-32(17-14-29)18-24-21(5)31-34(22(24)6)23-11-9-20(4)10-12-23/h9-12,19,25-26,35H,13-18H2,1-6H3,(H,30,37)/t25-,26-/m1/s1. The number of carbonyl (C=O) groups is 2. The van der Waals surface area contributed by atoms with Gasteiger partial charge in [0.1, 0.15) is 11.6 Å². The molecule has 37 heavy (non-hydrogen) atoms. The first kappa shape index (κ1) is 26.9. The number of hydrogen-bond acceptors (Lipinski definition) is 5. The molecule has 8 heteroatoms. The summed E-state index contributed by atoms with van der Waals surface area (Å²) in [6.45, 7) is 13.9. The Morgan fingerprint density at radius 2 is 1.78 bits per heavy atom. The SMILES string of the molecule is CC#CCN1C(=O)[C@@H]([C@H](O)C(C)C)NC(=O)C12CCN(Cc1c(C)nn(-c3ccc(C)cc3)c1C)CC2. The van der Waals surface area contributed by atoms with Gasteiger partial charge in [0.25, 0.3) is 0 Å². The Balaban J connectivity index is 1.52. The van der Waals surface area contributed by atoms with Crippen molar-refractivity contribution in [3.05, 3.63) is 46.8 Å². The van der Waals surface area contributed by atoms with Gasteiger partial charge in [-0.15, -0.1) is 5.92 Å². The quantitative estimate of drug-likeness (QED) is 0.589. The van der Waals surface area contributed by atoms with E-state index in [1.165, 1.54) is 11.1 Å². The minimum absolute atomic E-state index is 0.156. The fraction of sp³-hybridized carbons (Fsp3) is 0.552. The summed E-state index contributed by atoms with van der Waals surface area (Å²) >= 11 is 0. The first-order valence-corrected chi connectivity index (χ1v) is 13.1. The van der Waals surface area contributed by atoms with Gasteiger partial charge in [0.15, 0.2) is 0 Å². The number of nitrogens with zero attached hydrogens (tertiary/aromatic N) is 4. The van der Waals surface area contributed by atoms with Crippen molar-refractivity contribution in [2.75, 3.05) is 19.6 Å². The summed E-state index contributed by atoms with van der Waals surface area (Å²) in [4.78, 5) is 30.9. The zero-order valence-corrected chi connectivity index (χ0v) is 22.8. The number of aliphatic hydroxyl groups excluding tert-OH is 1. The summed E-state index contributed by atoms with van der Waals surface area (Å²) in [6, 6.07) is 7.41. The van der Waals surface area contributed by atoms with E-state index in [0.29, 0.717) is 25.9 Å². The van der Waals surface area contributed by atoms with Crippen LogP contribution in [-0.2, 0) is 16.1 Å². The molecule has 2 fully saturated rings. The number of likely N-dealkylation sites (tertiary alicyclic amines) is 1. The van der Waals surface area contributed by atoms with Gasteiger partial charge in [0, 0.05) is 30.9 Å². The minimum Gasteiger partial charge on any atom is -0.390 e. The average Bonchev–Trinajstić information content (AvgIpc) is 3.15. The van der Waals surface area contributed by atoms with Crippen molar-refractivity contribution in [1.82, 2.24) is 24.9 Å². The van der Waals surface area contributed by atoms with Crippen LogP contribution < -0.4 is 5.32 Å². The lowest BCUT2D eigenvalue weighted by Crippen LogP contribution is -2.74. The number of hydrogen-bond donors (Lipinski definition) is 2. The van der Waals surface area contributed by atoms with E-state index in [9.17, 15) is 14.7 Å². The summed E-state index contributed by atoms with van der Waals surface area (Å²) in [7, 11) is 0. The number of piperazine rings is 1. The molecule has 0 unspecified atom stereocenters. The van der Waals surface area contributed by atoms with Crippen LogP contribution in [0.3, 0.4) is 0 Å². The van der Waals surface area contributed by atoms with Crippen molar-refractivity contribution in [2.24, 2.45) is 5.92 Å². The van der Waals surface area contributed by atoms with E-state index in [1.54, 1.807) is 11.8 Å². The van der Waals surface area contributed by atoms with Crippen LogP contribution in [-0.4, -0.2) is 73.8 Å². The van der Waals surface area contributed by atoms with Gasteiger partial charge in [-0.1, -0.05) is 37.5 Å². The highest BCUT2D eigenvalue weighted by molar-refractivity contribution is 6.00. The van der Waals surface area contributed by atoms with Crippen LogP contribution in [0, 0.1) is 38.5 Å². The lowest BCUT2D eigenvalue weighted by molar-refractivity contribution is -0.164. The van der Waals surface area contributed by atoms with Crippen LogP contribution in [0.2, 0.25) is 0 Å². The van der Waals surface area contributed by atoms with Gasteiger partial charge in [0.05, 0.1) is 24.0 Å². The van der Waals surface area contributed by atoms with E-state index in [0.717, 1.165) is 23.6 Å². The molecule has 0 aliphatic carbocycles. The summed E-state index contributed by atoms with van der Waals surface area (Å²) in [5.41, 5.74) is 4.60. The molecule has 2 amide bonds. The molecule has 198 valence electrons. The second-order valence-electron chi connectivity index (χ2n) is 10.7. The van der Waals surface area contributed by atoms with Crippen LogP contribution in [0.25, 0.3) is 5.69 Å². The van der Waals surface area contributed by atoms with Crippen molar-refractivity contribution in [1.29, 1.82) is 0 Å². The van der Waals surface area contributed by atoms with Gasteiger partial charge in [-0.2, -0.15) is 5.10 Å². The molecule has 8 nitrogen and oxygen atoms in total. The van der Waals surface area contributed by atoms with Gasteiger partial charge in [-0.25, -0.2) is 4.68 Å². The number of aryl methyl sites for hydroxylation is 2. The van der Waals surface area contributed by atoms with Gasteiger partial charge in [-0.3, -0.25) is 14.5 Å². The highest BCUT2D eigenvalue weighted by atomic mass is 16.3. The van der Waals surface area contributed by atoms with Crippen molar-refractivity contribution in [3.8, 4) is 17.5 Å². The van der Waals surface area contributed by atoms with Crippen LogP contribution in [0.15, 0.2) is 24.3 Å². The summed E-state index contributed by atoms with van der Waals surface area (Å²) < 4.78 is 1.99. The number of aliphatic hydroxyl groups is 1. The number of benzene rings is 1. The topological polar surface area (TPSA) is 90.7 Å². The lowest BCUT2D eigenvalue weighted by atomic mass is 9.80. The van der Waals surface area contributed by atoms with Crippen molar-refractivity contribution < 1.29 is 14.7 Å². The van der Waals surface area contributed by atoms with Crippen LogP contribution in [0.4, 0.5) is 0 Å². The molecule has 1 aromatic carbocycles. The van der Waals surface area contributed by atoms with Gasteiger partial charge in [-0.05, 0) is 58.6 Å². The third-order valence-electron chi connectivity index (χ3n) is 7.98. The fourth-order valence-electron chi connectivity index (χ4n) is 5.49. The predicted octanol–water partition coefficient (Wildman–Crippen LogP) is 2.50. The molecule has 2 aromatic rings. The molecule has 2 N–H and O–H groups in total. The van der Waals surface area contributed by atoms with E-state index >= 15 is 0 Å². The van der Waals surface area contributed by atoms with E-state index in [4.69, 9.17) is 5.10 Å². The number of rotatable bonds is 6. The number of nitrogens with one attached hydrogen (secondary N) is 1. The maximum atomic E-state index is 13.5. The Hall–Kier alpha value is -3.15. The molecule has 1 spiro atoms.